The van der Waals surface area contributed by atoms with Crippen LogP contribution in [0, 0.1) is 17.2 Å². The summed E-state index contributed by atoms with van der Waals surface area (Å²) in [4.78, 5) is 2.39. The lowest BCUT2D eigenvalue weighted by molar-refractivity contribution is 0.194. The van der Waals surface area contributed by atoms with Gasteiger partial charge in [-0.2, -0.15) is 5.26 Å². The molecule has 1 atom stereocenters. The van der Waals surface area contributed by atoms with Crippen LogP contribution in [0.3, 0.4) is 0 Å². The summed E-state index contributed by atoms with van der Waals surface area (Å²) in [5, 5.41) is 9.37. The summed E-state index contributed by atoms with van der Waals surface area (Å²) >= 11 is 0. The molecule has 0 saturated heterocycles. The maximum Gasteiger partial charge on any atom is 0.0839 e. The van der Waals surface area contributed by atoms with Gasteiger partial charge in [0.2, 0.25) is 0 Å². The Morgan fingerprint density at radius 2 is 1.67 bits per heavy atom. The van der Waals surface area contributed by atoms with E-state index in [1.54, 1.807) is 0 Å². The maximum absolute atomic E-state index is 9.37. The highest BCUT2D eigenvalue weighted by Gasteiger charge is 2.18. The van der Waals surface area contributed by atoms with Crippen LogP contribution in [-0.4, -0.2) is 24.0 Å². The zero-order valence-corrected chi connectivity index (χ0v) is 11.9. The van der Waals surface area contributed by atoms with E-state index in [4.69, 9.17) is 0 Å². The van der Waals surface area contributed by atoms with E-state index in [0.29, 0.717) is 12.0 Å². The second-order valence-corrected chi connectivity index (χ2v) is 5.53. The third-order valence-corrected chi connectivity index (χ3v) is 3.10. The minimum absolute atomic E-state index is 0.0349. The summed E-state index contributed by atoms with van der Waals surface area (Å²) in [6.07, 6.45) is 0. The molecule has 0 radical (unpaired) electrons. The zero-order chi connectivity index (χ0) is 13.5. The van der Waals surface area contributed by atoms with Crippen molar-refractivity contribution in [1.29, 1.82) is 5.26 Å². The SMILES string of the molecule is CC(C)CN(CC(C#N)c1ccccc1)C(C)C. The van der Waals surface area contributed by atoms with Crippen molar-refractivity contribution in [3.05, 3.63) is 35.9 Å². The van der Waals surface area contributed by atoms with Gasteiger partial charge in [-0.1, -0.05) is 44.2 Å². The third-order valence-electron chi connectivity index (χ3n) is 3.10. The molecule has 0 amide bonds. The lowest BCUT2D eigenvalue weighted by atomic mass is 9.99. The van der Waals surface area contributed by atoms with Gasteiger partial charge in [0.05, 0.1) is 12.0 Å². The van der Waals surface area contributed by atoms with E-state index in [2.05, 4.69) is 38.7 Å². The van der Waals surface area contributed by atoms with E-state index in [1.165, 1.54) is 0 Å². The molecule has 0 aromatic heterocycles. The molecule has 0 fully saturated rings. The number of hydrogen-bond acceptors (Lipinski definition) is 2. The largest absolute Gasteiger partial charge is 0.299 e. The van der Waals surface area contributed by atoms with Crippen LogP contribution in [0.25, 0.3) is 0 Å². The first kappa shape index (κ1) is 14.7. The summed E-state index contributed by atoms with van der Waals surface area (Å²) in [5.41, 5.74) is 1.12. The summed E-state index contributed by atoms with van der Waals surface area (Å²) in [5.74, 6) is 0.592. The van der Waals surface area contributed by atoms with E-state index in [0.717, 1.165) is 18.7 Å². The second kappa shape index (κ2) is 7.18. The van der Waals surface area contributed by atoms with Crippen molar-refractivity contribution in [3.8, 4) is 6.07 Å². The van der Waals surface area contributed by atoms with Gasteiger partial charge in [-0.3, -0.25) is 4.90 Å². The predicted octanol–water partition coefficient (Wildman–Crippen LogP) is 3.66. The van der Waals surface area contributed by atoms with Crippen molar-refractivity contribution in [2.45, 2.75) is 39.7 Å². The molecule has 98 valence electrons. The molecule has 1 rings (SSSR count). The summed E-state index contributed by atoms with van der Waals surface area (Å²) < 4.78 is 0. The van der Waals surface area contributed by atoms with Crippen LogP contribution in [0.4, 0.5) is 0 Å². The van der Waals surface area contributed by atoms with Crippen LogP contribution in [0.15, 0.2) is 30.3 Å². The quantitative estimate of drug-likeness (QED) is 0.763. The number of benzene rings is 1. The van der Waals surface area contributed by atoms with Crippen LogP contribution in [0.2, 0.25) is 0 Å². The fraction of sp³-hybridized carbons (Fsp3) is 0.562. The highest BCUT2D eigenvalue weighted by atomic mass is 15.1. The molecule has 0 aliphatic heterocycles. The van der Waals surface area contributed by atoms with Crippen molar-refractivity contribution in [1.82, 2.24) is 4.90 Å². The Balaban J connectivity index is 2.75. The Kier molecular flexibility index (Phi) is 5.88. The lowest BCUT2D eigenvalue weighted by Crippen LogP contribution is -2.37. The van der Waals surface area contributed by atoms with Crippen LogP contribution in [0.1, 0.15) is 39.2 Å². The van der Waals surface area contributed by atoms with Gasteiger partial charge in [-0.25, -0.2) is 0 Å². The normalized spacial score (nSPS) is 13.0. The van der Waals surface area contributed by atoms with Crippen LogP contribution < -0.4 is 0 Å². The number of nitriles is 1. The molecule has 0 aliphatic carbocycles. The summed E-state index contributed by atoms with van der Waals surface area (Å²) in [6, 6.07) is 13.0. The average Bonchev–Trinajstić information content (AvgIpc) is 2.34. The predicted molar refractivity (Wildman–Crippen MR) is 76.3 cm³/mol. The lowest BCUT2D eigenvalue weighted by Gasteiger charge is -2.30. The standard InChI is InChI=1S/C16H24N2/c1-13(2)11-18(14(3)4)12-16(10-17)15-8-6-5-7-9-15/h5-9,13-14,16H,11-12H2,1-4H3. The first-order valence-electron chi connectivity index (χ1n) is 6.73. The van der Waals surface area contributed by atoms with Crippen molar-refractivity contribution in [2.75, 3.05) is 13.1 Å². The smallest absolute Gasteiger partial charge is 0.0839 e. The first-order valence-corrected chi connectivity index (χ1v) is 6.73. The van der Waals surface area contributed by atoms with Crippen LogP contribution in [-0.2, 0) is 0 Å². The average molecular weight is 244 g/mol. The number of nitrogens with zero attached hydrogens (tertiary/aromatic N) is 2. The molecule has 1 unspecified atom stereocenters. The Labute approximate surface area is 111 Å². The summed E-state index contributed by atoms with van der Waals surface area (Å²) in [6.45, 7) is 10.7. The molecular weight excluding hydrogens is 220 g/mol. The van der Waals surface area contributed by atoms with Gasteiger partial charge in [0.25, 0.3) is 0 Å². The second-order valence-electron chi connectivity index (χ2n) is 5.53. The molecule has 2 nitrogen and oxygen atoms in total. The Bertz CT molecular complexity index is 376. The maximum atomic E-state index is 9.37. The third kappa shape index (κ3) is 4.50. The molecule has 0 saturated carbocycles. The molecule has 0 N–H and O–H groups in total. The molecule has 0 heterocycles. The molecular formula is C16H24N2. The highest BCUT2D eigenvalue weighted by Crippen LogP contribution is 2.18. The minimum atomic E-state index is -0.0349. The molecule has 0 spiro atoms. The van der Waals surface area contributed by atoms with Crippen LogP contribution in [0.5, 0.6) is 0 Å². The molecule has 0 bridgehead atoms. The van der Waals surface area contributed by atoms with E-state index < -0.39 is 0 Å². The van der Waals surface area contributed by atoms with Gasteiger partial charge in [0, 0.05) is 19.1 Å². The van der Waals surface area contributed by atoms with E-state index in [9.17, 15) is 5.26 Å². The fourth-order valence-electron chi connectivity index (χ4n) is 2.11. The number of rotatable bonds is 6. The van der Waals surface area contributed by atoms with Crippen molar-refractivity contribution in [3.63, 3.8) is 0 Å². The Hall–Kier alpha value is -1.33. The first-order chi connectivity index (χ1) is 8.54. The van der Waals surface area contributed by atoms with E-state index in [-0.39, 0.29) is 5.92 Å². The Morgan fingerprint density at radius 1 is 1.06 bits per heavy atom. The van der Waals surface area contributed by atoms with Crippen LogP contribution >= 0.6 is 0 Å². The van der Waals surface area contributed by atoms with Gasteiger partial charge in [-0.05, 0) is 25.3 Å². The zero-order valence-electron chi connectivity index (χ0n) is 11.9. The topological polar surface area (TPSA) is 27.0 Å². The number of hydrogen-bond donors (Lipinski definition) is 0. The molecule has 2 heteroatoms. The van der Waals surface area contributed by atoms with Gasteiger partial charge in [0.1, 0.15) is 0 Å². The van der Waals surface area contributed by atoms with Gasteiger partial charge < -0.3 is 0 Å². The molecule has 18 heavy (non-hydrogen) atoms. The van der Waals surface area contributed by atoms with Gasteiger partial charge in [-0.15, -0.1) is 0 Å². The van der Waals surface area contributed by atoms with Crippen molar-refractivity contribution in [2.24, 2.45) is 5.92 Å². The van der Waals surface area contributed by atoms with Crippen molar-refractivity contribution >= 4 is 0 Å². The molecule has 1 aromatic carbocycles. The minimum Gasteiger partial charge on any atom is -0.299 e. The van der Waals surface area contributed by atoms with Crippen molar-refractivity contribution < 1.29 is 0 Å². The summed E-state index contributed by atoms with van der Waals surface area (Å²) in [7, 11) is 0. The molecule has 1 aromatic rings. The van der Waals surface area contributed by atoms with Gasteiger partial charge in [0.15, 0.2) is 0 Å². The van der Waals surface area contributed by atoms with Gasteiger partial charge >= 0.3 is 0 Å². The Morgan fingerprint density at radius 3 is 2.11 bits per heavy atom. The highest BCUT2D eigenvalue weighted by molar-refractivity contribution is 5.25. The van der Waals surface area contributed by atoms with E-state index in [1.807, 2.05) is 30.3 Å². The molecule has 0 aliphatic rings. The van der Waals surface area contributed by atoms with E-state index >= 15 is 0 Å². The fourth-order valence-corrected chi connectivity index (χ4v) is 2.11. The monoisotopic (exact) mass is 244 g/mol.